The maximum Gasteiger partial charge on any atom is 0.349 e. The Balaban J connectivity index is 2.73. The highest BCUT2D eigenvalue weighted by molar-refractivity contribution is 5.79. The summed E-state index contributed by atoms with van der Waals surface area (Å²) in [4.78, 5) is 22.8. The fourth-order valence-electron chi connectivity index (χ4n) is 1.71. The van der Waals surface area contributed by atoms with Crippen LogP contribution in [0.25, 0.3) is 0 Å². The Morgan fingerprint density at radius 2 is 1.89 bits per heavy atom. The normalized spacial score (nSPS) is 13.4. The van der Waals surface area contributed by atoms with E-state index in [9.17, 15) is 9.59 Å². The van der Waals surface area contributed by atoms with Gasteiger partial charge in [0.15, 0.2) is 0 Å². The standard InChI is InChI=1S/C14H19NO4/c1-3-18-14(17)13(19-10(2)16)12(15)9-11-7-5-4-6-8-11/h4-8,12-13H,3,9,15H2,1-2H3/t12-,13-/m1/s1. The molecule has 0 fully saturated rings. The van der Waals surface area contributed by atoms with Crippen LogP contribution in [-0.4, -0.2) is 30.7 Å². The number of rotatable bonds is 6. The molecule has 0 amide bonds. The molecule has 0 heterocycles. The summed E-state index contributed by atoms with van der Waals surface area (Å²) in [5.41, 5.74) is 6.92. The molecular formula is C14H19NO4. The third kappa shape index (κ3) is 5.09. The molecule has 0 aromatic heterocycles. The number of carbonyl (C=O) groups is 2. The number of carbonyl (C=O) groups excluding carboxylic acids is 2. The van der Waals surface area contributed by atoms with Gasteiger partial charge in [-0.2, -0.15) is 0 Å². The van der Waals surface area contributed by atoms with Gasteiger partial charge in [0.05, 0.1) is 12.6 Å². The van der Waals surface area contributed by atoms with Crippen molar-refractivity contribution >= 4 is 11.9 Å². The van der Waals surface area contributed by atoms with E-state index in [1.54, 1.807) is 6.92 Å². The number of ether oxygens (including phenoxy) is 2. The van der Waals surface area contributed by atoms with E-state index >= 15 is 0 Å². The first-order chi connectivity index (χ1) is 9.04. The van der Waals surface area contributed by atoms with Crippen LogP contribution < -0.4 is 5.73 Å². The van der Waals surface area contributed by atoms with Crippen molar-refractivity contribution in [3.05, 3.63) is 35.9 Å². The molecule has 0 aliphatic heterocycles. The van der Waals surface area contributed by atoms with E-state index in [-0.39, 0.29) is 6.61 Å². The van der Waals surface area contributed by atoms with Crippen molar-refractivity contribution in [3.8, 4) is 0 Å². The SMILES string of the molecule is CCOC(=O)[C@H](OC(C)=O)[C@H](N)Cc1ccccc1. The van der Waals surface area contributed by atoms with Gasteiger partial charge in [-0.15, -0.1) is 0 Å². The fourth-order valence-corrected chi connectivity index (χ4v) is 1.71. The summed E-state index contributed by atoms with van der Waals surface area (Å²) in [5.74, 6) is -1.16. The highest BCUT2D eigenvalue weighted by atomic mass is 16.6. The summed E-state index contributed by atoms with van der Waals surface area (Å²) in [5, 5.41) is 0. The van der Waals surface area contributed by atoms with Gasteiger partial charge in [0, 0.05) is 6.92 Å². The molecule has 0 radical (unpaired) electrons. The van der Waals surface area contributed by atoms with Crippen molar-refractivity contribution in [2.45, 2.75) is 32.4 Å². The molecule has 0 spiro atoms. The van der Waals surface area contributed by atoms with Crippen LogP contribution >= 0.6 is 0 Å². The van der Waals surface area contributed by atoms with Gasteiger partial charge in [-0.1, -0.05) is 30.3 Å². The minimum atomic E-state index is -1.07. The van der Waals surface area contributed by atoms with Crippen LogP contribution in [0.3, 0.4) is 0 Å². The van der Waals surface area contributed by atoms with Crippen LogP contribution in [-0.2, 0) is 25.5 Å². The van der Waals surface area contributed by atoms with Crippen LogP contribution in [0.5, 0.6) is 0 Å². The van der Waals surface area contributed by atoms with Gasteiger partial charge in [-0.3, -0.25) is 4.79 Å². The van der Waals surface area contributed by atoms with Crippen molar-refractivity contribution in [2.24, 2.45) is 5.73 Å². The molecule has 1 rings (SSSR count). The van der Waals surface area contributed by atoms with Crippen molar-refractivity contribution in [1.29, 1.82) is 0 Å². The highest BCUT2D eigenvalue weighted by Gasteiger charge is 2.30. The number of nitrogens with two attached hydrogens (primary N) is 1. The van der Waals surface area contributed by atoms with E-state index < -0.39 is 24.1 Å². The lowest BCUT2D eigenvalue weighted by Crippen LogP contribution is -2.45. The quantitative estimate of drug-likeness (QED) is 0.778. The first-order valence-electron chi connectivity index (χ1n) is 6.18. The van der Waals surface area contributed by atoms with Gasteiger partial charge in [-0.25, -0.2) is 4.79 Å². The first-order valence-corrected chi connectivity index (χ1v) is 6.18. The lowest BCUT2D eigenvalue weighted by molar-refractivity contribution is -0.167. The molecule has 0 saturated heterocycles. The summed E-state index contributed by atoms with van der Waals surface area (Å²) < 4.78 is 9.83. The van der Waals surface area contributed by atoms with E-state index in [1.807, 2.05) is 30.3 Å². The summed E-state index contributed by atoms with van der Waals surface area (Å²) >= 11 is 0. The van der Waals surface area contributed by atoms with Gasteiger partial charge < -0.3 is 15.2 Å². The second-order valence-corrected chi connectivity index (χ2v) is 4.14. The van der Waals surface area contributed by atoms with E-state index in [0.29, 0.717) is 6.42 Å². The second-order valence-electron chi connectivity index (χ2n) is 4.14. The molecule has 2 atom stereocenters. The van der Waals surface area contributed by atoms with E-state index in [2.05, 4.69) is 0 Å². The largest absolute Gasteiger partial charge is 0.463 e. The van der Waals surface area contributed by atoms with Crippen LogP contribution in [0.1, 0.15) is 19.4 Å². The van der Waals surface area contributed by atoms with Crippen LogP contribution in [0.2, 0.25) is 0 Å². The van der Waals surface area contributed by atoms with Crippen LogP contribution in [0, 0.1) is 0 Å². The number of hydrogen-bond donors (Lipinski definition) is 1. The first kappa shape index (κ1) is 15.2. The monoisotopic (exact) mass is 265 g/mol. The van der Waals surface area contributed by atoms with Gasteiger partial charge in [-0.05, 0) is 18.9 Å². The Hall–Kier alpha value is -1.88. The molecule has 19 heavy (non-hydrogen) atoms. The lowest BCUT2D eigenvalue weighted by Gasteiger charge is -2.21. The van der Waals surface area contributed by atoms with Crippen molar-refractivity contribution in [3.63, 3.8) is 0 Å². The third-order valence-corrected chi connectivity index (χ3v) is 2.51. The maximum absolute atomic E-state index is 11.7. The molecule has 2 N–H and O–H groups in total. The van der Waals surface area contributed by atoms with Gasteiger partial charge in [0.2, 0.25) is 6.10 Å². The Labute approximate surface area is 112 Å². The Bertz CT molecular complexity index is 419. The summed E-state index contributed by atoms with van der Waals surface area (Å²) in [6, 6.07) is 8.82. The number of esters is 2. The predicted octanol–water partition coefficient (Wildman–Crippen LogP) is 1.05. The second kappa shape index (κ2) is 7.53. The zero-order chi connectivity index (χ0) is 14.3. The van der Waals surface area contributed by atoms with Gasteiger partial charge in [0.1, 0.15) is 0 Å². The number of hydrogen-bond acceptors (Lipinski definition) is 5. The van der Waals surface area contributed by atoms with Gasteiger partial charge in [0.25, 0.3) is 0 Å². The van der Waals surface area contributed by atoms with Crippen LogP contribution in [0.15, 0.2) is 30.3 Å². The predicted molar refractivity (Wildman–Crippen MR) is 70.3 cm³/mol. The smallest absolute Gasteiger partial charge is 0.349 e. The molecule has 1 aromatic carbocycles. The molecule has 0 bridgehead atoms. The average molecular weight is 265 g/mol. The van der Waals surface area contributed by atoms with E-state index in [4.69, 9.17) is 15.2 Å². The van der Waals surface area contributed by atoms with E-state index in [1.165, 1.54) is 6.92 Å². The van der Waals surface area contributed by atoms with Crippen molar-refractivity contribution in [1.82, 2.24) is 0 Å². The molecule has 1 aromatic rings. The summed E-state index contributed by atoms with van der Waals surface area (Å²) in [7, 11) is 0. The zero-order valence-electron chi connectivity index (χ0n) is 11.2. The van der Waals surface area contributed by atoms with Gasteiger partial charge >= 0.3 is 11.9 Å². The molecule has 104 valence electrons. The minimum Gasteiger partial charge on any atom is -0.463 e. The van der Waals surface area contributed by atoms with E-state index in [0.717, 1.165) is 5.56 Å². The fraction of sp³-hybridized carbons (Fsp3) is 0.429. The number of benzene rings is 1. The Morgan fingerprint density at radius 1 is 1.26 bits per heavy atom. The summed E-state index contributed by atoms with van der Waals surface area (Å²) in [6.45, 7) is 3.14. The van der Waals surface area contributed by atoms with Crippen molar-refractivity contribution in [2.75, 3.05) is 6.61 Å². The minimum absolute atomic E-state index is 0.217. The molecular weight excluding hydrogens is 246 g/mol. The topological polar surface area (TPSA) is 78.6 Å². The summed E-state index contributed by atoms with van der Waals surface area (Å²) in [6.07, 6.45) is -0.643. The maximum atomic E-state index is 11.7. The Kier molecular flexibility index (Phi) is 6.02. The average Bonchev–Trinajstić information content (AvgIpc) is 2.37. The van der Waals surface area contributed by atoms with Crippen molar-refractivity contribution < 1.29 is 19.1 Å². The molecule has 0 saturated carbocycles. The zero-order valence-corrected chi connectivity index (χ0v) is 11.2. The molecule has 5 nitrogen and oxygen atoms in total. The molecule has 0 aliphatic carbocycles. The lowest BCUT2D eigenvalue weighted by atomic mass is 10.0. The molecule has 0 aliphatic rings. The Morgan fingerprint density at radius 3 is 2.42 bits per heavy atom. The molecule has 5 heteroatoms. The third-order valence-electron chi connectivity index (χ3n) is 2.51. The highest BCUT2D eigenvalue weighted by Crippen LogP contribution is 2.09. The van der Waals surface area contributed by atoms with Crippen LogP contribution in [0.4, 0.5) is 0 Å². The molecule has 0 unspecified atom stereocenters.